The van der Waals surface area contributed by atoms with Gasteiger partial charge in [0.15, 0.2) is 11.6 Å². The van der Waals surface area contributed by atoms with Crippen molar-refractivity contribution in [3.63, 3.8) is 0 Å². The number of benzene rings is 3. The van der Waals surface area contributed by atoms with Crippen molar-refractivity contribution in [2.45, 2.75) is 4.90 Å². The summed E-state index contributed by atoms with van der Waals surface area (Å²) in [4.78, 5) is 26.0. The predicted octanol–water partition coefficient (Wildman–Crippen LogP) is 4.01. The van der Waals surface area contributed by atoms with Gasteiger partial charge in [0, 0.05) is 5.69 Å². The van der Waals surface area contributed by atoms with Crippen molar-refractivity contribution in [3.05, 3.63) is 76.2 Å². The molecule has 5 aromatic rings. The number of hydrogen-bond donors (Lipinski definition) is 4. The number of imidazole rings is 1. The van der Waals surface area contributed by atoms with Gasteiger partial charge in [-0.2, -0.15) is 0 Å². The van der Waals surface area contributed by atoms with Crippen LogP contribution >= 0.6 is 11.6 Å². The quantitative estimate of drug-likeness (QED) is 0.278. The Morgan fingerprint density at radius 3 is 2.47 bits per heavy atom. The van der Waals surface area contributed by atoms with Gasteiger partial charge >= 0.3 is 5.69 Å². The van der Waals surface area contributed by atoms with Crippen LogP contribution in [0.25, 0.3) is 22.1 Å². The molecule has 0 bridgehead atoms. The standard InChI is InChI=1S/C22H17ClN6O4S/c1-33-17-10-9-15-19(18(17)23)28-20(24-12-7-8-14-16(11-12)27-22(30)26-14)21(25-15)29-34(31,32)13-5-3-2-4-6-13/h2-11H,1H3,(H,24,28)(H,25,29)(H2,26,27,30). The van der Waals surface area contributed by atoms with E-state index >= 15 is 0 Å². The first-order valence-electron chi connectivity index (χ1n) is 9.95. The second-order valence-corrected chi connectivity index (χ2v) is 9.31. The molecule has 0 unspecified atom stereocenters. The van der Waals surface area contributed by atoms with Gasteiger partial charge in [-0.3, -0.25) is 4.72 Å². The number of methoxy groups -OCH3 is 1. The minimum absolute atomic E-state index is 0.0276. The lowest BCUT2D eigenvalue weighted by molar-refractivity contribution is 0.415. The monoisotopic (exact) mass is 496 g/mol. The SMILES string of the molecule is COc1ccc2nc(NS(=O)(=O)c3ccccc3)c(Nc3ccc4[nH]c(=O)[nH]c4c3)nc2c1Cl. The summed E-state index contributed by atoms with van der Waals surface area (Å²) in [6.45, 7) is 0. The van der Waals surface area contributed by atoms with Gasteiger partial charge in [-0.05, 0) is 42.5 Å². The Morgan fingerprint density at radius 2 is 1.71 bits per heavy atom. The number of H-pyrrole nitrogens is 2. The largest absolute Gasteiger partial charge is 0.495 e. The number of aromatic nitrogens is 4. The van der Waals surface area contributed by atoms with Crippen molar-refractivity contribution < 1.29 is 13.2 Å². The maximum atomic E-state index is 13.0. The number of rotatable bonds is 6. The summed E-state index contributed by atoms with van der Waals surface area (Å²) in [7, 11) is -2.47. The third kappa shape index (κ3) is 4.02. The Labute approximate surface area is 198 Å². The molecule has 0 amide bonds. The van der Waals surface area contributed by atoms with E-state index in [1.54, 1.807) is 48.5 Å². The van der Waals surface area contributed by atoms with Crippen molar-refractivity contribution in [1.29, 1.82) is 0 Å². The van der Waals surface area contributed by atoms with Gasteiger partial charge in [0.25, 0.3) is 10.0 Å². The zero-order valence-corrected chi connectivity index (χ0v) is 19.2. The molecule has 5 rings (SSSR count). The minimum atomic E-state index is -3.95. The fraction of sp³-hybridized carbons (Fsp3) is 0.0455. The van der Waals surface area contributed by atoms with E-state index in [9.17, 15) is 13.2 Å². The first kappa shape index (κ1) is 21.7. The van der Waals surface area contributed by atoms with E-state index in [1.807, 2.05) is 0 Å². The van der Waals surface area contributed by atoms with Crippen molar-refractivity contribution >= 4 is 61.0 Å². The fourth-order valence-electron chi connectivity index (χ4n) is 3.42. The number of ether oxygens (including phenoxy) is 1. The molecule has 0 spiro atoms. The molecule has 3 aromatic carbocycles. The molecule has 0 radical (unpaired) electrons. The van der Waals surface area contributed by atoms with E-state index in [1.165, 1.54) is 19.2 Å². The molecule has 0 aliphatic rings. The summed E-state index contributed by atoms with van der Waals surface area (Å²) in [5, 5.41) is 3.30. The number of nitrogens with one attached hydrogen (secondary N) is 4. The highest BCUT2D eigenvalue weighted by Crippen LogP contribution is 2.34. The number of nitrogens with zero attached hydrogens (tertiary/aromatic N) is 2. The van der Waals surface area contributed by atoms with Gasteiger partial charge in [-0.15, -0.1) is 0 Å². The topological polar surface area (TPSA) is 142 Å². The minimum Gasteiger partial charge on any atom is -0.495 e. The van der Waals surface area contributed by atoms with Gasteiger partial charge in [-0.1, -0.05) is 29.8 Å². The summed E-state index contributed by atoms with van der Waals surface area (Å²) in [6, 6.07) is 16.3. The van der Waals surface area contributed by atoms with Crippen molar-refractivity contribution in [2.24, 2.45) is 0 Å². The third-order valence-corrected chi connectivity index (χ3v) is 6.74. The van der Waals surface area contributed by atoms with Crippen molar-refractivity contribution in [2.75, 3.05) is 17.1 Å². The van der Waals surface area contributed by atoms with Crippen LogP contribution in [0.2, 0.25) is 5.02 Å². The lowest BCUT2D eigenvalue weighted by atomic mass is 10.2. The number of hydrogen-bond acceptors (Lipinski definition) is 7. The maximum Gasteiger partial charge on any atom is 0.323 e. The molecule has 10 nitrogen and oxygen atoms in total. The van der Waals surface area contributed by atoms with Gasteiger partial charge in [0.2, 0.25) is 0 Å². The average Bonchev–Trinajstić information content (AvgIpc) is 3.20. The molecule has 4 N–H and O–H groups in total. The second kappa shape index (κ2) is 8.36. The predicted molar refractivity (Wildman–Crippen MR) is 131 cm³/mol. The van der Waals surface area contributed by atoms with Crippen molar-refractivity contribution in [3.8, 4) is 5.75 Å². The van der Waals surface area contributed by atoms with Crippen molar-refractivity contribution in [1.82, 2.24) is 19.9 Å². The molecular formula is C22H17ClN6O4S. The van der Waals surface area contributed by atoms with Crippen LogP contribution in [0.15, 0.2) is 70.4 Å². The van der Waals surface area contributed by atoms with E-state index < -0.39 is 10.0 Å². The lowest BCUT2D eigenvalue weighted by Gasteiger charge is -2.15. The number of anilines is 3. The first-order valence-corrected chi connectivity index (χ1v) is 11.8. The molecular weight excluding hydrogens is 480 g/mol. The van der Waals surface area contributed by atoms with Crippen LogP contribution in [0, 0.1) is 0 Å². The highest BCUT2D eigenvalue weighted by Gasteiger charge is 2.20. The van der Waals surface area contributed by atoms with E-state index in [-0.39, 0.29) is 27.2 Å². The molecule has 12 heteroatoms. The lowest BCUT2D eigenvalue weighted by Crippen LogP contribution is -2.16. The van der Waals surface area contributed by atoms with Crippen LogP contribution in [0.5, 0.6) is 5.75 Å². The molecule has 0 saturated heterocycles. The number of sulfonamides is 1. The maximum absolute atomic E-state index is 13.0. The molecule has 0 aliphatic heterocycles. The molecule has 34 heavy (non-hydrogen) atoms. The molecule has 0 fully saturated rings. The summed E-state index contributed by atoms with van der Waals surface area (Å²) >= 11 is 6.44. The smallest absolute Gasteiger partial charge is 0.323 e. The van der Waals surface area contributed by atoms with Gasteiger partial charge in [0.1, 0.15) is 16.3 Å². The summed E-state index contributed by atoms with van der Waals surface area (Å²) in [6.07, 6.45) is 0. The van der Waals surface area contributed by atoms with E-state index in [2.05, 4.69) is 30.0 Å². The second-order valence-electron chi connectivity index (χ2n) is 7.25. The first-order chi connectivity index (χ1) is 16.3. The van der Waals surface area contributed by atoms with Crippen LogP contribution in [0.1, 0.15) is 0 Å². The van der Waals surface area contributed by atoms with Crippen LogP contribution in [-0.2, 0) is 10.0 Å². The molecule has 172 valence electrons. The normalized spacial score (nSPS) is 11.6. The Morgan fingerprint density at radius 1 is 0.941 bits per heavy atom. The molecule has 0 aliphatic carbocycles. The number of fused-ring (bicyclic) bond motifs is 2. The zero-order valence-electron chi connectivity index (χ0n) is 17.6. The van der Waals surface area contributed by atoms with Crippen LogP contribution in [-0.4, -0.2) is 35.5 Å². The average molecular weight is 497 g/mol. The van der Waals surface area contributed by atoms with Crippen LogP contribution < -0.4 is 20.5 Å². The van der Waals surface area contributed by atoms with Crippen LogP contribution in [0.3, 0.4) is 0 Å². The van der Waals surface area contributed by atoms with Gasteiger partial charge in [-0.25, -0.2) is 23.2 Å². The molecule has 2 heterocycles. The fourth-order valence-corrected chi connectivity index (χ4v) is 4.73. The van der Waals surface area contributed by atoms with Gasteiger partial charge in [0.05, 0.1) is 28.6 Å². The number of halogens is 1. The Balaban J connectivity index is 1.64. The van der Waals surface area contributed by atoms with E-state index in [0.717, 1.165) is 0 Å². The van der Waals surface area contributed by atoms with E-state index in [0.29, 0.717) is 33.5 Å². The summed E-state index contributed by atoms with van der Waals surface area (Å²) in [5.41, 5.74) is 2.08. The van der Waals surface area contributed by atoms with E-state index in [4.69, 9.17) is 16.3 Å². The van der Waals surface area contributed by atoms with Gasteiger partial charge < -0.3 is 20.0 Å². The Kier molecular flexibility index (Phi) is 5.34. The Hall–Kier alpha value is -4.09. The molecule has 0 saturated carbocycles. The van der Waals surface area contributed by atoms with Crippen LogP contribution in [0.4, 0.5) is 17.3 Å². The molecule has 2 aromatic heterocycles. The number of aromatic amines is 2. The molecule has 0 atom stereocenters. The third-order valence-electron chi connectivity index (χ3n) is 5.02. The summed E-state index contributed by atoms with van der Waals surface area (Å²) in [5.74, 6) is 0.484. The highest BCUT2D eigenvalue weighted by molar-refractivity contribution is 7.92. The highest BCUT2D eigenvalue weighted by atomic mass is 35.5. The zero-order chi connectivity index (χ0) is 23.9. The Bertz CT molecular complexity index is 1700. The summed E-state index contributed by atoms with van der Waals surface area (Å²) < 4.78 is 33.7.